The van der Waals surface area contributed by atoms with E-state index in [1.165, 1.54) is 12.1 Å². The fraction of sp³-hybridized carbons (Fsp3) is 0.150. The van der Waals surface area contributed by atoms with E-state index in [2.05, 4.69) is 5.32 Å². The average molecular weight is 368 g/mol. The van der Waals surface area contributed by atoms with Crippen molar-refractivity contribution in [3.63, 3.8) is 0 Å². The molecule has 0 aliphatic carbocycles. The van der Waals surface area contributed by atoms with E-state index < -0.39 is 10.0 Å². The smallest absolute Gasteiger partial charge is 0.238 e. The maximum atomic E-state index is 12.5. The molecule has 0 bridgehead atoms. The maximum absolute atomic E-state index is 12.5. The average Bonchev–Trinajstić information content (AvgIpc) is 2.57. The lowest BCUT2D eigenvalue weighted by molar-refractivity contribution is -0.115. The van der Waals surface area contributed by atoms with Gasteiger partial charge >= 0.3 is 0 Å². The van der Waals surface area contributed by atoms with Crippen molar-refractivity contribution >= 4 is 32.4 Å². The minimum atomic E-state index is -3.83. The molecular formula is C20H20N2O3S. The van der Waals surface area contributed by atoms with E-state index >= 15 is 0 Å². The number of nitrogens with two attached hydrogens (primary N) is 1. The third-order valence-corrected chi connectivity index (χ3v) is 5.31. The van der Waals surface area contributed by atoms with Crippen molar-refractivity contribution in [3.8, 4) is 0 Å². The van der Waals surface area contributed by atoms with E-state index in [0.717, 1.165) is 27.5 Å². The summed E-state index contributed by atoms with van der Waals surface area (Å²) in [6, 6.07) is 16.7. The van der Waals surface area contributed by atoms with Crippen molar-refractivity contribution in [3.05, 3.63) is 71.3 Å². The van der Waals surface area contributed by atoms with E-state index in [1.54, 1.807) is 6.92 Å². The summed E-state index contributed by atoms with van der Waals surface area (Å²) in [6.07, 6.45) is 0.197. The van der Waals surface area contributed by atoms with Crippen LogP contribution < -0.4 is 10.5 Å². The van der Waals surface area contributed by atoms with Crippen molar-refractivity contribution in [2.45, 2.75) is 25.2 Å². The van der Waals surface area contributed by atoms with Gasteiger partial charge in [0.2, 0.25) is 15.9 Å². The Bertz CT molecular complexity index is 1110. The van der Waals surface area contributed by atoms with Crippen molar-refractivity contribution < 1.29 is 13.2 Å². The molecule has 0 spiro atoms. The number of rotatable bonds is 4. The molecule has 26 heavy (non-hydrogen) atoms. The van der Waals surface area contributed by atoms with Crippen LogP contribution in [-0.4, -0.2) is 14.3 Å². The third kappa shape index (κ3) is 3.92. The highest BCUT2D eigenvalue weighted by atomic mass is 32.2. The minimum Gasteiger partial charge on any atom is -0.326 e. The van der Waals surface area contributed by atoms with E-state index in [0.29, 0.717) is 5.69 Å². The van der Waals surface area contributed by atoms with Crippen molar-refractivity contribution in [1.29, 1.82) is 0 Å². The second-order valence-electron chi connectivity index (χ2n) is 6.36. The van der Waals surface area contributed by atoms with Gasteiger partial charge in [0.05, 0.1) is 11.3 Å². The summed E-state index contributed by atoms with van der Waals surface area (Å²) in [5.41, 5.74) is 2.90. The second kappa shape index (κ2) is 6.90. The summed E-state index contributed by atoms with van der Waals surface area (Å²) >= 11 is 0. The molecule has 0 aliphatic heterocycles. The Labute approximate surface area is 152 Å². The maximum Gasteiger partial charge on any atom is 0.238 e. The molecule has 3 N–H and O–H groups in total. The lowest BCUT2D eigenvalue weighted by Crippen LogP contribution is -2.17. The summed E-state index contributed by atoms with van der Waals surface area (Å²) in [4.78, 5) is 12.4. The molecule has 0 aliphatic rings. The normalized spacial score (nSPS) is 11.5. The SMILES string of the molecule is Cc1cc(S(N)(=O)=O)cc(NC(=O)Cc2ccc3ccccc3c2)c1C. The second-order valence-corrected chi connectivity index (χ2v) is 7.93. The first-order valence-electron chi connectivity index (χ1n) is 8.15. The van der Waals surface area contributed by atoms with E-state index in [1.807, 2.05) is 49.4 Å². The summed E-state index contributed by atoms with van der Waals surface area (Å²) < 4.78 is 23.2. The molecule has 6 heteroatoms. The standard InChI is InChI=1S/C20H20N2O3S/c1-13-9-18(26(21,24)25)12-19(14(13)2)22-20(23)11-15-7-8-16-5-3-4-6-17(16)10-15/h3-10,12H,11H2,1-2H3,(H,22,23)(H2,21,24,25). The van der Waals surface area contributed by atoms with Gasteiger partial charge in [-0.05, 0) is 53.4 Å². The fourth-order valence-electron chi connectivity index (χ4n) is 2.85. The number of carbonyl (C=O) groups is 1. The van der Waals surface area contributed by atoms with Crippen LogP contribution in [0.15, 0.2) is 59.5 Å². The van der Waals surface area contributed by atoms with Gasteiger partial charge in [-0.15, -0.1) is 0 Å². The van der Waals surface area contributed by atoms with E-state index in [9.17, 15) is 13.2 Å². The van der Waals surface area contributed by atoms with Gasteiger partial charge < -0.3 is 5.32 Å². The number of hydrogen-bond donors (Lipinski definition) is 2. The van der Waals surface area contributed by atoms with Crippen LogP contribution in [0.5, 0.6) is 0 Å². The molecule has 3 aromatic rings. The first kappa shape index (κ1) is 18.1. The van der Waals surface area contributed by atoms with Crippen LogP contribution in [-0.2, 0) is 21.2 Å². The molecule has 0 unspecified atom stereocenters. The number of anilines is 1. The topological polar surface area (TPSA) is 89.3 Å². The Hall–Kier alpha value is -2.70. The third-order valence-electron chi connectivity index (χ3n) is 4.42. The number of nitrogens with one attached hydrogen (secondary N) is 1. The molecule has 3 rings (SSSR count). The van der Waals surface area contributed by atoms with Gasteiger partial charge in [0.1, 0.15) is 0 Å². The molecule has 0 heterocycles. The molecule has 0 aromatic heterocycles. The Kier molecular flexibility index (Phi) is 4.80. The van der Waals surface area contributed by atoms with Crippen LogP contribution in [0.25, 0.3) is 10.8 Å². The Balaban J connectivity index is 1.84. The minimum absolute atomic E-state index is 0.0124. The Morgan fingerprint density at radius 2 is 1.69 bits per heavy atom. The molecule has 3 aromatic carbocycles. The highest BCUT2D eigenvalue weighted by Crippen LogP contribution is 2.24. The Morgan fingerprint density at radius 3 is 2.38 bits per heavy atom. The van der Waals surface area contributed by atoms with Gasteiger partial charge in [-0.3, -0.25) is 4.79 Å². The number of carbonyl (C=O) groups excluding carboxylic acids is 1. The summed E-state index contributed by atoms with van der Waals surface area (Å²) in [5.74, 6) is -0.214. The fourth-order valence-corrected chi connectivity index (χ4v) is 3.47. The number of amides is 1. The molecule has 1 amide bonds. The molecule has 0 fully saturated rings. The van der Waals surface area contributed by atoms with Crippen LogP contribution in [0.1, 0.15) is 16.7 Å². The van der Waals surface area contributed by atoms with Crippen LogP contribution >= 0.6 is 0 Å². The Morgan fingerprint density at radius 1 is 1.00 bits per heavy atom. The van der Waals surface area contributed by atoms with Gasteiger partial charge in [-0.2, -0.15) is 0 Å². The predicted octanol–water partition coefficient (Wildman–Crippen LogP) is 3.29. The largest absolute Gasteiger partial charge is 0.326 e. The lowest BCUT2D eigenvalue weighted by Gasteiger charge is -2.13. The van der Waals surface area contributed by atoms with Gasteiger partial charge in [0.15, 0.2) is 0 Å². The van der Waals surface area contributed by atoms with Crippen molar-refractivity contribution in [1.82, 2.24) is 0 Å². The highest BCUT2D eigenvalue weighted by Gasteiger charge is 2.14. The lowest BCUT2D eigenvalue weighted by atomic mass is 10.0. The quantitative estimate of drug-likeness (QED) is 0.740. The summed E-state index contributed by atoms with van der Waals surface area (Å²) in [6.45, 7) is 3.61. The predicted molar refractivity (Wildman–Crippen MR) is 104 cm³/mol. The number of fused-ring (bicyclic) bond motifs is 1. The number of primary sulfonamides is 1. The number of hydrogen-bond acceptors (Lipinski definition) is 3. The van der Waals surface area contributed by atoms with Crippen LogP contribution in [0.3, 0.4) is 0 Å². The van der Waals surface area contributed by atoms with Gasteiger partial charge in [-0.1, -0.05) is 42.5 Å². The first-order valence-corrected chi connectivity index (χ1v) is 9.70. The van der Waals surface area contributed by atoms with Crippen molar-refractivity contribution in [2.24, 2.45) is 5.14 Å². The molecule has 5 nitrogen and oxygen atoms in total. The number of aryl methyl sites for hydroxylation is 1. The molecule has 0 saturated heterocycles. The summed E-state index contributed by atoms with van der Waals surface area (Å²) in [7, 11) is -3.83. The molecule has 0 radical (unpaired) electrons. The van der Waals surface area contributed by atoms with Crippen LogP contribution in [0.2, 0.25) is 0 Å². The van der Waals surface area contributed by atoms with E-state index in [4.69, 9.17) is 5.14 Å². The molecular weight excluding hydrogens is 348 g/mol. The van der Waals surface area contributed by atoms with Gasteiger partial charge in [0.25, 0.3) is 0 Å². The van der Waals surface area contributed by atoms with Crippen LogP contribution in [0, 0.1) is 13.8 Å². The van der Waals surface area contributed by atoms with Gasteiger partial charge in [-0.25, -0.2) is 13.6 Å². The number of benzene rings is 3. The zero-order valence-corrected chi connectivity index (χ0v) is 15.4. The zero-order chi connectivity index (χ0) is 18.9. The van der Waals surface area contributed by atoms with Crippen molar-refractivity contribution in [2.75, 3.05) is 5.32 Å². The highest BCUT2D eigenvalue weighted by molar-refractivity contribution is 7.89. The molecule has 134 valence electrons. The first-order chi connectivity index (χ1) is 12.2. The molecule has 0 atom stereocenters. The monoisotopic (exact) mass is 368 g/mol. The van der Waals surface area contributed by atoms with E-state index in [-0.39, 0.29) is 17.2 Å². The zero-order valence-electron chi connectivity index (χ0n) is 14.6. The summed E-state index contributed by atoms with van der Waals surface area (Å²) in [5, 5.41) is 10.2. The van der Waals surface area contributed by atoms with Gasteiger partial charge in [0, 0.05) is 5.69 Å². The van der Waals surface area contributed by atoms with Crippen LogP contribution in [0.4, 0.5) is 5.69 Å². The number of sulfonamides is 1. The molecule has 0 saturated carbocycles.